The van der Waals surface area contributed by atoms with E-state index in [1.54, 1.807) is 0 Å². The summed E-state index contributed by atoms with van der Waals surface area (Å²) in [6.45, 7) is 8.34. The third kappa shape index (κ3) is 42.1. The molecule has 0 aliphatic rings. The van der Waals surface area contributed by atoms with Gasteiger partial charge in [-0.3, -0.25) is 24.0 Å². The minimum atomic E-state index is -1.99. The first kappa shape index (κ1) is 70.9. The van der Waals surface area contributed by atoms with Crippen LogP contribution in [-0.2, 0) is 57.2 Å². The Kier molecular flexibility index (Phi) is 51.1. The molecule has 0 spiro atoms. The summed E-state index contributed by atoms with van der Waals surface area (Å²) < 4.78 is 35.1. The number of methoxy groups -OCH3 is 1. The molecule has 0 saturated heterocycles. The number of unbranched alkanes of at least 4 members (excludes halogenated alkanes) is 33. The van der Waals surface area contributed by atoms with Crippen molar-refractivity contribution in [1.29, 1.82) is 0 Å². The van der Waals surface area contributed by atoms with Crippen molar-refractivity contribution in [2.75, 3.05) is 26.9 Å². The second-order valence-corrected chi connectivity index (χ2v) is 20.9. The van der Waals surface area contributed by atoms with Gasteiger partial charge in [-0.1, -0.05) is 233 Å². The molecule has 13 nitrogen and oxygen atoms in total. The molecule has 434 valence electrons. The van der Waals surface area contributed by atoms with E-state index in [4.69, 9.17) is 28.4 Å². The molecule has 4 unspecified atom stereocenters. The van der Waals surface area contributed by atoms with Crippen molar-refractivity contribution in [3.63, 3.8) is 0 Å². The van der Waals surface area contributed by atoms with E-state index in [0.29, 0.717) is 25.7 Å². The Morgan fingerprint density at radius 3 is 0.905 bits per heavy atom. The highest BCUT2D eigenvalue weighted by Crippen LogP contribution is 2.26. The summed E-state index contributed by atoms with van der Waals surface area (Å²) in [7, 11) is 1.44. The highest BCUT2D eigenvalue weighted by Gasteiger charge is 2.50. The molecule has 0 aliphatic heterocycles. The molecule has 0 amide bonds. The number of ether oxygens (including phenoxy) is 6. The summed E-state index contributed by atoms with van der Waals surface area (Å²) in [5, 5.41) is 9.66. The highest BCUT2D eigenvalue weighted by atomic mass is 16.6. The van der Waals surface area contributed by atoms with Gasteiger partial charge in [-0.25, -0.2) is 4.79 Å². The van der Waals surface area contributed by atoms with Gasteiger partial charge in [0.25, 0.3) is 0 Å². The molecule has 0 fully saturated rings. The number of rotatable bonds is 56. The largest absolute Gasteiger partial charge is 0.460 e. The number of carbonyl (C=O) groups is 6. The average molecular weight is 1050 g/mol. The SMILES string of the molecule is CCCCCCCCCCCC(=O)OC(C(=O)CCCCO)C(OC(=O)CCCCCCCCCCC)C(OC(=O)CCCCCCCCCCC)C(OC(=O)CCCCCCCCCCC)C(=O)OCCOC. The van der Waals surface area contributed by atoms with Crippen LogP contribution in [0.2, 0.25) is 0 Å². The molecule has 0 rings (SSSR count). The number of ketones is 1. The van der Waals surface area contributed by atoms with Crippen LogP contribution in [0.25, 0.3) is 0 Å². The predicted molar refractivity (Wildman–Crippen MR) is 296 cm³/mol. The standard InChI is InChI=1S/C61H112O13/c1-6-10-14-18-22-26-30-34-38-45-53(64)71-57(52(63)44-42-43-49-62)58(72-54(65)46-39-35-31-27-23-19-15-11-7-2)59(73-55(66)47-40-36-32-28-24-20-16-12-8-3)60(61(68)70-51-50-69-5)74-56(67)48-41-37-33-29-25-21-17-13-9-4/h57-60,62H,6-51H2,1-5H3. The van der Waals surface area contributed by atoms with Gasteiger partial charge in [0.15, 0.2) is 18.0 Å². The third-order valence-corrected chi connectivity index (χ3v) is 13.8. The van der Waals surface area contributed by atoms with Gasteiger partial charge < -0.3 is 33.5 Å². The molecule has 13 heteroatoms. The fraction of sp³-hybridized carbons (Fsp3) is 0.902. The fourth-order valence-corrected chi connectivity index (χ4v) is 9.17. The second kappa shape index (κ2) is 53.3. The monoisotopic (exact) mass is 1050 g/mol. The Morgan fingerprint density at radius 1 is 0.324 bits per heavy atom. The minimum absolute atomic E-state index is 0.00744. The highest BCUT2D eigenvalue weighted by molar-refractivity contribution is 5.87. The number of carbonyl (C=O) groups excluding carboxylic acids is 6. The molecule has 0 saturated carbocycles. The van der Waals surface area contributed by atoms with E-state index in [2.05, 4.69) is 27.7 Å². The normalized spacial score (nSPS) is 12.9. The summed E-state index contributed by atoms with van der Waals surface area (Å²) in [6, 6.07) is 0. The van der Waals surface area contributed by atoms with Crippen LogP contribution in [0.15, 0.2) is 0 Å². The smallest absolute Gasteiger partial charge is 0.351 e. The Hall–Kier alpha value is -3.06. The van der Waals surface area contributed by atoms with Gasteiger partial charge in [0.2, 0.25) is 12.2 Å². The van der Waals surface area contributed by atoms with Crippen molar-refractivity contribution in [3.05, 3.63) is 0 Å². The number of hydrogen-bond donors (Lipinski definition) is 1. The van der Waals surface area contributed by atoms with Crippen molar-refractivity contribution in [2.24, 2.45) is 0 Å². The number of esters is 5. The molecule has 4 atom stereocenters. The summed E-state index contributed by atoms with van der Waals surface area (Å²) in [6.07, 6.45) is 29.0. The van der Waals surface area contributed by atoms with Gasteiger partial charge in [0.1, 0.15) is 6.61 Å². The predicted octanol–water partition coefficient (Wildman–Crippen LogP) is 15.2. The molecule has 0 aromatic rings. The van der Waals surface area contributed by atoms with Crippen LogP contribution < -0.4 is 0 Å². The molecular formula is C61H112O13. The lowest BCUT2D eigenvalue weighted by atomic mass is 9.96. The zero-order valence-corrected chi connectivity index (χ0v) is 48.2. The molecule has 0 aromatic heterocycles. The lowest BCUT2D eigenvalue weighted by Crippen LogP contribution is -2.56. The number of Topliss-reactive ketones (excluding diaryl/α,β-unsaturated/α-hetero) is 1. The lowest BCUT2D eigenvalue weighted by molar-refractivity contribution is -0.207. The zero-order chi connectivity index (χ0) is 54.5. The van der Waals surface area contributed by atoms with E-state index in [1.165, 1.54) is 110 Å². The summed E-state index contributed by atoms with van der Waals surface area (Å²) in [4.78, 5) is 84.6. The van der Waals surface area contributed by atoms with Gasteiger partial charge in [0.05, 0.1) is 6.61 Å². The first-order valence-electron chi connectivity index (χ1n) is 30.7. The van der Waals surface area contributed by atoms with Crippen molar-refractivity contribution < 1.29 is 62.3 Å². The van der Waals surface area contributed by atoms with Gasteiger partial charge in [0, 0.05) is 45.8 Å². The van der Waals surface area contributed by atoms with Crippen molar-refractivity contribution in [1.82, 2.24) is 0 Å². The van der Waals surface area contributed by atoms with Crippen LogP contribution in [-0.4, -0.2) is 92.1 Å². The Morgan fingerprint density at radius 2 is 0.595 bits per heavy atom. The maximum Gasteiger partial charge on any atom is 0.351 e. The first-order chi connectivity index (χ1) is 36.1. The van der Waals surface area contributed by atoms with Gasteiger partial charge in [-0.05, 0) is 38.5 Å². The van der Waals surface area contributed by atoms with Crippen LogP contribution in [0.5, 0.6) is 0 Å². The van der Waals surface area contributed by atoms with E-state index < -0.39 is 60.0 Å². The zero-order valence-electron chi connectivity index (χ0n) is 48.2. The molecule has 0 bridgehead atoms. The minimum Gasteiger partial charge on any atom is -0.460 e. The van der Waals surface area contributed by atoms with Crippen molar-refractivity contribution in [2.45, 2.75) is 328 Å². The molecule has 0 heterocycles. The van der Waals surface area contributed by atoms with Gasteiger partial charge in [-0.2, -0.15) is 0 Å². The van der Waals surface area contributed by atoms with Crippen LogP contribution in [0.3, 0.4) is 0 Å². The van der Waals surface area contributed by atoms with Gasteiger partial charge in [-0.15, -0.1) is 0 Å². The Balaban J connectivity index is 7.04. The topological polar surface area (TPSA) is 178 Å². The first-order valence-corrected chi connectivity index (χ1v) is 30.7. The Labute approximate surface area is 451 Å². The number of hydrogen-bond acceptors (Lipinski definition) is 13. The molecule has 74 heavy (non-hydrogen) atoms. The van der Waals surface area contributed by atoms with E-state index >= 15 is 0 Å². The van der Waals surface area contributed by atoms with E-state index in [9.17, 15) is 33.9 Å². The van der Waals surface area contributed by atoms with E-state index in [0.717, 1.165) is 103 Å². The summed E-state index contributed by atoms with van der Waals surface area (Å²) in [5.74, 6) is -4.70. The van der Waals surface area contributed by atoms with Crippen LogP contribution in [0, 0.1) is 0 Å². The molecule has 1 N–H and O–H groups in total. The average Bonchev–Trinajstić information content (AvgIpc) is 3.38. The molecular weight excluding hydrogens is 941 g/mol. The van der Waals surface area contributed by atoms with Crippen molar-refractivity contribution in [3.8, 4) is 0 Å². The maximum atomic E-state index is 14.5. The van der Waals surface area contributed by atoms with Crippen LogP contribution in [0.4, 0.5) is 0 Å². The lowest BCUT2D eigenvalue weighted by Gasteiger charge is -2.35. The summed E-state index contributed by atoms with van der Waals surface area (Å²) >= 11 is 0. The quantitative estimate of drug-likeness (QED) is 0.0346. The second-order valence-electron chi connectivity index (χ2n) is 20.9. The van der Waals surface area contributed by atoms with Crippen molar-refractivity contribution >= 4 is 35.6 Å². The number of aliphatic hydroxyl groups is 1. The molecule has 0 aliphatic carbocycles. The van der Waals surface area contributed by atoms with Crippen LogP contribution >= 0.6 is 0 Å². The number of aliphatic hydroxyl groups excluding tert-OH is 1. The maximum absolute atomic E-state index is 14.5. The van der Waals surface area contributed by atoms with E-state index in [1.807, 2.05) is 0 Å². The van der Waals surface area contributed by atoms with Crippen LogP contribution in [0.1, 0.15) is 304 Å². The third-order valence-electron chi connectivity index (χ3n) is 13.8. The van der Waals surface area contributed by atoms with Gasteiger partial charge >= 0.3 is 29.8 Å². The summed E-state index contributed by atoms with van der Waals surface area (Å²) in [5.41, 5.74) is 0. The molecule has 0 radical (unpaired) electrons. The fourth-order valence-electron chi connectivity index (χ4n) is 9.17. The Bertz CT molecular complexity index is 1250. The van der Waals surface area contributed by atoms with E-state index in [-0.39, 0.29) is 64.8 Å². The molecule has 0 aromatic carbocycles.